The van der Waals surface area contributed by atoms with E-state index in [1.54, 1.807) is 0 Å². The van der Waals surface area contributed by atoms with Gasteiger partial charge in [-0.1, -0.05) is 25.1 Å². The second kappa shape index (κ2) is 5.21. The molecular formula is C15H20N2O2. The SMILES string of the molecule is CCC1COCCN1C(=O)[C@@H]1Cc2ccccc2N1. The van der Waals surface area contributed by atoms with Crippen molar-refractivity contribution in [1.29, 1.82) is 0 Å². The first-order valence-corrected chi connectivity index (χ1v) is 7.02. The first kappa shape index (κ1) is 12.5. The molecule has 1 amide bonds. The van der Waals surface area contributed by atoms with E-state index in [9.17, 15) is 4.79 Å². The van der Waals surface area contributed by atoms with Crippen LogP contribution in [0.1, 0.15) is 18.9 Å². The van der Waals surface area contributed by atoms with Gasteiger partial charge in [0.2, 0.25) is 5.91 Å². The molecule has 2 atom stereocenters. The van der Waals surface area contributed by atoms with Crippen molar-refractivity contribution < 1.29 is 9.53 Å². The van der Waals surface area contributed by atoms with Crippen LogP contribution in [0.15, 0.2) is 24.3 Å². The fourth-order valence-electron chi connectivity index (χ4n) is 2.93. The van der Waals surface area contributed by atoms with Crippen LogP contribution in [0.3, 0.4) is 0 Å². The monoisotopic (exact) mass is 260 g/mol. The van der Waals surface area contributed by atoms with Gasteiger partial charge in [0.1, 0.15) is 6.04 Å². The van der Waals surface area contributed by atoms with Gasteiger partial charge in [-0.15, -0.1) is 0 Å². The first-order chi connectivity index (χ1) is 9.29. The van der Waals surface area contributed by atoms with Crippen molar-refractivity contribution in [3.8, 4) is 0 Å². The minimum absolute atomic E-state index is 0.107. The minimum Gasteiger partial charge on any atom is -0.377 e. The third-order valence-corrected chi connectivity index (χ3v) is 4.05. The number of anilines is 1. The molecule has 4 heteroatoms. The number of fused-ring (bicyclic) bond motifs is 1. The van der Waals surface area contributed by atoms with Gasteiger partial charge < -0.3 is 15.0 Å². The fourth-order valence-corrected chi connectivity index (χ4v) is 2.93. The zero-order valence-corrected chi connectivity index (χ0v) is 11.3. The van der Waals surface area contributed by atoms with Crippen LogP contribution in [0, 0.1) is 0 Å². The molecular weight excluding hydrogens is 240 g/mol. The number of hydrogen-bond donors (Lipinski definition) is 1. The van der Waals surface area contributed by atoms with E-state index in [1.165, 1.54) is 5.56 Å². The predicted octanol–water partition coefficient (Wildman–Crippen LogP) is 1.66. The van der Waals surface area contributed by atoms with E-state index in [4.69, 9.17) is 4.74 Å². The molecule has 1 aromatic rings. The average Bonchev–Trinajstić information content (AvgIpc) is 2.90. The Morgan fingerprint density at radius 2 is 2.32 bits per heavy atom. The molecule has 1 fully saturated rings. The lowest BCUT2D eigenvalue weighted by atomic mass is 10.1. The maximum absolute atomic E-state index is 12.6. The number of carbonyl (C=O) groups excluding carboxylic acids is 1. The molecule has 19 heavy (non-hydrogen) atoms. The molecule has 3 rings (SSSR count). The van der Waals surface area contributed by atoms with E-state index >= 15 is 0 Å². The van der Waals surface area contributed by atoms with E-state index in [2.05, 4.69) is 18.3 Å². The Kier molecular flexibility index (Phi) is 3.42. The van der Waals surface area contributed by atoms with E-state index in [-0.39, 0.29) is 18.0 Å². The lowest BCUT2D eigenvalue weighted by Crippen LogP contribution is -2.53. The standard InChI is InChI=1S/C15H20N2O2/c1-2-12-10-19-8-7-17(12)15(18)14-9-11-5-3-4-6-13(11)16-14/h3-6,12,14,16H,2,7-10H2,1H3/t12?,14-/m0/s1. The number of nitrogens with one attached hydrogen (secondary N) is 1. The number of para-hydroxylation sites is 1. The Labute approximate surface area is 113 Å². The van der Waals surface area contributed by atoms with Crippen molar-refractivity contribution in [2.75, 3.05) is 25.1 Å². The predicted molar refractivity (Wildman–Crippen MR) is 74.2 cm³/mol. The lowest BCUT2D eigenvalue weighted by Gasteiger charge is -2.36. The van der Waals surface area contributed by atoms with Gasteiger partial charge in [0.25, 0.3) is 0 Å². The highest BCUT2D eigenvalue weighted by molar-refractivity contribution is 5.87. The van der Waals surface area contributed by atoms with E-state index in [1.807, 2.05) is 23.1 Å². The van der Waals surface area contributed by atoms with Crippen LogP contribution in [0.2, 0.25) is 0 Å². The molecule has 1 aromatic carbocycles. The van der Waals surface area contributed by atoms with Crippen LogP contribution in [-0.2, 0) is 16.0 Å². The van der Waals surface area contributed by atoms with Crippen molar-refractivity contribution in [3.63, 3.8) is 0 Å². The Morgan fingerprint density at radius 1 is 1.47 bits per heavy atom. The van der Waals surface area contributed by atoms with Crippen LogP contribution >= 0.6 is 0 Å². The summed E-state index contributed by atoms with van der Waals surface area (Å²) in [5, 5.41) is 3.34. The molecule has 1 saturated heterocycles. The minimum atomic E-state index is -0.107. The number of amides is 1. The average molecular weight is 260 g/mol. The summed E-state index contributed by atoms with van der Waals surface area (Å²) in [5.74, 6) is 0.214. The van der Waals surface area contributed by atoms with Gasteiger partial charge in [-0.3, -0.25) is 4.79 Å². The number of benzene rings is 1. The topological polar surface area (TPSA) is 41.6 Å². The molecule has 2 aliphatic heterocycles. The van der Waals surface area contributed by atoms with Gasteiger partial charge >= 0.3 is 0 Å². The largest absolute Gasteiger partial charge is 0.377 e. The fraction of sp³-hybridized carbons (Fsp3) is 0.533. The van der Waals surface area contributed by atoms with Crippen molar-refractivity contribution in [1.82, 2.24) is 4.90 Å². The summed E-state index contributed by atoms with van der Waals surface area (Å²) in [6.45, 7) is 4.14. The summed E-state index contributed by atoms with van der Waals surface area (Å²) in [7, 11) is 0. The third-order valence-electron chi connectivity index (χ3n) is 4.05. The molecule has 0 aliphatic carbocycles. The van der Waals surface area contributed by atoms with Crippen molar-refractivity contribution in [3.05, 3.63) is 29.8 Å². The second-order valence-corrected chi connectivity index (χ2v) is 5.23. The third kappa shape index (κ3) is 2.32. The summed E-state index contributed by atoms with van der Waals surface area (Å²) >= 11 is 0. The van der Waals surface area contributed by atoms with E-state index in [0.29, 0.717) is 19.8 Å². The highest BCUT2D eigenvalue weighted by Crippen LogP contribution is 2.27. The normalized spacial score (nSPS) is 25.8. The molecule has 0 aromatic heterocycles. The van der Waals surface area contributed by atoms with Crippen molar-refractivity contribution in [2.45, 2.75) is 31.8 Å². The number of rotatable bonds is 2. The van der Waals surface area contributed by atoms with Crippen LogP contribution in [0.5, 0.6) is 0 Å². The smallest absolute Gasteiger partial charge is 0.245 e. The van der Waals surface area contributed by atoms with E-state index in [0.717, 1.165) is 18.5 Å². The van der Waals surface area contributed by atoms with Crippen LogP contribution < -0.4 is 5.32 Å². The molecule has 0 spiro atoms. The van der Waals surface area contributed by atoms with Gasteiger partial charge in [-0.25, -0.2) is 0 Å². The number of morpholine rings is 1. The van der Waals surface area contributed by atoms with Gasteiger partial charge in [0.15, 0.2) is 0 Å². The molecule has 102 valence electrons. The van der Waals surface area contributed by atoms with Crippen LogP contribution in [-0.4, -0.2) is 42.6 Å². The number of nitrogens with zero attached hydrogens (tertiary/aromatic N) is 1. The lowest BCUT2D eigenvalue weighted by molar-refractivity contribution is -0.140. The van der Waals surface area contributed by atoms with Crippen molar-refractivity contribution >= 4 is 11.6 Å². The number of carbonyl (C=O) groups is 1. The summed E-state index contributed by atoms with van der Waals surface area (Å²) in [6, 6.07) is 8.28. The van der Waals surface area contributed by atoms with Crippen LogP contribution in [0.25, 0.3) is 0 Å². The van der Waals surface area contributed by atoms with Crippen molar-refractivity contribution in [2.24, 2.45) is 0 Å². The van der Waals surface area contributed by atoms with E-state index < -0.39 is 0 Å². The van der Waals surface area contributed by atoms with Gasteiger partial charge in [-0.05, 0) is 18.1 Å². The molecule has 0 bridgehead atoms. The summed E-state index contributed by atoms with van der Waals surface area (Å²) in [5.41, 5.74) is 2.34. The number of hydrogen-bond acceptors (Lipinski definition) is 3. The maximum atomic E-state index is 12.6. The molecule has 2 heterocycles. The Bertz CT molecular complexity index is 450. The zero-order valence-electron chi connectivity index (χ0n) is 11.3. The molecule has 1 unspecified atom stereocenters. The van der Waals surface area contributed by atoms with Gasteiger partial charge in [0, 0.05) is 18.7 Å². The Hall–Kier alpha value is -1.55. The maximum Gasteiger partial charge on any atom is 0.245 e. The molecule has 0 radical (unpaired) electrons. The summed E-state index contributed by atoms with van der Waals surface area (Å²) in [4.78, 5) is 14.6. The summed E-state index contributed by atoms with van der Waals surface area (Å²) < 4.78 is 5.46. The number of ether oxygens (including phenoxy) is 1. The Balaban J connectivity index is 1.72. The molecule has 2 aliphatic rings. The van der Waals surface area contributed by atoms with Crippen LogP contribution in [0.4, 0.5) is 5.69 Å². The molecule has 1 N–H and O–H groups in total. The second-order valence-electron chi connectivity index (χ2n) is 5.23. The zero-order chi connectivity index (χ0) is 13.2. The summed E-state index contributed by atoms with van der Waals surface area (Å²) in [6.07, 6.45) is 1.74. The van der Waals surface area contributed by atoms with Gasteiger partial charge in [-0.2, -0.15) is 0 Å². The Morgan fingerprint density at radius 3 is 3.11 bits per heavy atom. The highest BCUT2D eigenvalue weighted by atomic mass is 16.5. The highest BCUT2D eigenvalue weighted by Gasteiger charge is 2.34. The quantitative estimate of drug-likeness (QED) is 0.879. The molecule has 4 nitrogen and oxygen atoms in total. The van der Waals surface area contributed by atoms with Gasteiger partial charge in [0.05, 0.1) is 19.3 Å². The first-order valence-electron chi connectivity index (χ1n) is 7.02. The molecule has 0 saturated carbocycles.